The van der Waals surface area contributed by atoms with Gasteiger partial charge in [-0.1, -0.05) is 0 Å². The second-order valence-corrected chi connectivity index (χ2v) is 10.7. The highest BCUT2D eigenvalue weighted by atomic mass is 127. The van der Waals surface area contributed by atoms with Crippen LogP contribution < -0.4 is 4.74 Å². The van der Waals surface area contributed by atoms with Crippen molar-refractivity contribution in [3.8, 4) is 22.6 Å². The number of carbonyl (C=O) groups is 4. The van der Waals surface area contributed by atoms with E-state index in [4.69, 9.17) is 4.74 Å². The number of carbonyl (C=O) groups excluding carboxylic acids is 4. The highest BCUT2D eigenvalue weighted by Crippen LogP contribution is 2.45. The topological polar surface area (TPSA) is 170 Å². The van der Waals surface area contributed by atoms with Gasteiger partial charge in [0.25, 0.3) is 0 Å². The molecule has 0 amide bonds. The lowest BCUT2D eigenvalue weighted by molar-refractivity contribution is -0.131. The maximum Gasteiger partial charge on any atom is 0.167 e. The summed E-state index contributed by atoms with van der Waals surface area (Å²) in [4.78, 5) is 49.0. The van der Waals surface area contributed by atoms with Crippen LogP contribution in [0.3, 0.4) is 0 Å². The fourth-order valence-corrected chi connectivity index (χ4v) is 5.88. The zero-order chi connectivity index (χ0) is 27.3. The minimum atomic E-state index is -0.818. The van der Waals surface area contributed by atoms with E-state index >= 15 is 0 Å². The molecule has 38 heavy (non-hydrogen) atoms. The van der Waals surface area contributed by atoms with E-state index in [2.05, 4.69) is 0 Å². The van der Waals surface area contributed by atoms with Crippen molar-refractivity contribution in [2.45, 2.75) is 39.0 Å². The molecule has 0 spiro atoms. The van der Waals surface area contributed by atoms with Gasteiger partial charge in [-0.2, -0.15) is 0 Å². The van der Waals surface area contributed by atoms with Crippen LogP contribution >= 0.6 is 22.6 Å². The van der Waals surface area contributed by atoms with E-state index < -0.39 is 18.4 Å². The van der Waals surface area contributed by atoms with Gasteiger partial charge in [-0.05, 0) is 96.0 Å². The molecule has 0 radical (unpaired) electrons. The summed E-state index contributed by atoms with van der Waals surface area (Å²) in [5.74, 6) is -1.96. The number of fused-ring (bicyclic) bond motifs is 1. The van der Waals surface area contributed by atoms with Crippen molar-refractivity contribution in [1.29, 1.82) is 0 Å². The summed E-state index contributed by atoms with van der Waals surface area (Å²) in [6.45, 7) is 0.660. The molecule has 0 bridgehead atoms. The summed E-state index contributed by atoms with van der Waals surface area (Å²) >= 11 is 1.97. The molecule has 0 saturated heterocycles. The number of ketones is 3. The Labute approximate surface area is 237 Å². The maximum atomic E-state index is 13.3. The number of rotatable bonds is 12. The number of halogens is 1. The van der Waals surface area contributed by atoms with Gasteiger partial charge in [-0.15, -0.1) is 0 Å². The third kappa shape index (κ3) is 6.85. The van der Waals surface area contributed by atoms with E-state index in [9.17, 15) is 34.5 Å². The molecular weight excluding hydrogens is 607 g/mol. The molecule has 1 aliphatic carbocycles. The van der Waals surface area contributed by atoms with E-state index in [0.29, 0.717) is 44.4 Å². The van der Waals surface area contributed by atoms with Gasteiger partial charge in [0.2, 0.25) is 0 Å². The third-order valence-corrected chi connectivity index (χ3v) is 7.82. The Balaban J connectivity index is 0.00000507. The second-order valence-electron chi connectivity index (χ2n) is 9.53. The van der Waals surface area contributed by atoms with E-state index in [1.54, 1.807) is 24.3 Å². The lowest BCUT2D eigenvalue weighted by Crippen LogP contribution is -2.32. The number of ether oxygens (including phenoxy) is 1. The van der Waals surface area contributed by atoms with Crippen LogP contribution in [0.5, 0.6) is 11.5 Å². The number of benzene rings is 2. The van der Waals surface area contributed by atoms with Gasteiger partial charge < -0.3 is 25.5 Å². The number of hydrogen-bond acceptors (Lipinski definition) is 8. The van der Waals surface area contributed by atoms with Crippen molar-refractivity contribution in [1.82, 2.24) is 0 Å². The predicted molar refractivity (Wildman–Crippen MR) is 153 cm³/mol. The van der Waals surface area contributed by atoms with Crippen molar-refractivity contribution in [2.75, 3.05) is 20.3 Å². The van der Waals surface area contributed by atoms with Crippen LogP contribution in [0.25, 0.3) is 11.1 Å². The standard InChI is InChI=1S/C28H31IO8.H2O.2H2/c1-15(33)7-24(34)22(14-32)18(5-6-30)8-17-10-21-19(12-23(29)28(36)27(21)25(35)11-17)20-9-16(13-31)3-4-26(20)37-2;;;/h3-4,9,12-13,17-18,22,30,32,36H,5-8,10-11,14H2,1-2H3;1H2;2*1H. The Morgan fingerprint density at radius 1 is 1.21 bits per heavy atom. The van der Waals surface area contributed by atoms with Crippen molar-refractivity contribution in [3.05, 3.63) is 44.5 Å². The van der Waals surface area contributed by atoms with Crippen LogP contribution in [-0.4, -0.2) is 64.8 Å². The second kappa shape index (κ2) is 13.9. The summed E-state index contributed by atoms with van der Waals surface area (Å²) in [6, 6.07) is 6.75. The number of aldehydes is 1. The molecule has 1 aliphatic rings. The first-order valence-electron chi connectivity index (χ1n) is 12.1. The normalized spacial score (nSPS) is 16.1. The highest BCUT2D eigenvalue weighted by Gasteiger charge is 2.36. The summed E-state index contributed by atoms with van der Waals surface area (Å²) in [5.41, 5.74) is 2.58. The number of aliphatic hydroxyl groups is 2. The highest BCUT2D eigenvalue weighted by molar-refractivity contribution is 14.1. The van der Waals surface area contributed by atoms with Gasteiger partial charge in [0.15, 0.2) is 5.78 Å². The Kier molecular flexibility index (Phi) is 11.6. The van der Waals surface area contributed by atoms with E-state index in [1.807, 2.05) is 22.6 Å². The molecule has 5 N–H and O–H groups in total. The molecule has 0 aliphatic heterocycles. The zero-order valence-electron chi connectivity index (χ0n) is 21.3. The number of phenols is 1. The van der Waals surface area contributed by atoms with Crippen LogP contribution in [0.2, 0.25) is 0 Å². The lowest BCUT2D eigenvalue weighted by Gasteiger charge is -2.32. The molecule has 210 valence electrons. The van der Waals surface area contributed by atoms with E-state index in [1.165, 1.54) is 14.0 Å². The molecule has 0 saturated carbocycles. The number of Topliss-reactive ketones (excluding diaryl/α,β-unsaturated/α-hetero) is 3. The minimum Gasteiger partial charge on any atom is -0.506 e. The first-order valence-corrected chi connectivity index (χ1v) is 13.2. The minimum absolute atomic E-state index is 0. The lowest BCUT2D eigenvalue weighted by atomic mass is 9.72. The van der Waals surface area contributed by atoms with Crippen molar-refractivity contribution >= 4 is 46.2 Å². The Morgan fingerprint density at radius 3 is 2.50 bits per heavy atom. The van der Waals surface area contributed by atoms with E-state index in [0.717, 1.165) is 6.29 Å². The number of phenolic OH excluding ortho intramolecular Hbond substituents is 1. The van der Waals surface area contributed by atoms with Crippen LogP contribution in [0, 0.1) is 21.3 Å². The fourth-order valence-electron chi connectivity index (χ4n) is 5.30. The molecule has 3 atom stereocenters. The average Bonchev–Trinajstić information content (AvgIpc) is 2.85. The Morgan fingerprint density at radius 2 is 1.92 bits per heavy atom. The van der Waals surface area contributed by atoms with Crippen LogP contribution in [0.4, 0.5) is 0 Å². The number of aromatic hydroxyl groups is 1. The molecule has 9 nitrogen and oxygen atoms in total. The first-order chi connectivity index (χ1) is 17.6. The molecule has 0 fully saturated rings. The molecule has 0 aromatic heterocycles. The van der Waals surface area contributed by atoms with Gasteiger partial charge in [-0.25, -0.2) is 0 Å². The van der Waals surface area contributed by atoms with Gasteiger partial charge >= 0.3 is 0 Å². The monoisotopic (exact) mass is 644 g/mol. The molecule has 0 heterocycles. The van der Waals surface area contributed by atoms with Crippen molar-refractivity contribution < 1.29 is 47.6 Å². The SMILES string of the molecule is COc1ccc(C=O)cc1-c1cc(I)c(O)c2c1CC(CC(CCO)C(CO)C(=O)CC(C)=O)CC2=O.O.[HH].[HH]. The van der Waals surface area contributed by atoms with E-state index in [-0.39, 0.29) is 68.8 Å². The maximum absolute atomic E-state index is 13.3. The summed E-state index contributed by atoms with van der Waals surface area (Å²) in [6.07, 6.45) is 1.58. The van der Waals surface area contributed by atoms with Crippen LogP contribution in [0.15, 0.2) is 24.3 Å². The first kappa shape index (κ1) is 31.5. The average molecular weight is 644 g/mol. The molecule has 2 aromatic carbocycles. The molecule has 2 aromatic rings. The summed E-state index contributed by atoms with van der Waals surface area (Å²) in [7, 11) is 1.51. The number of aliphatic hydroxyl groups excluding tert-OH is 2. The largest absolute Gasteiger partial charge is 0.506 e. The number of hydrogen-bond donors (Lipinski definition) is 3. The molecule has 10 heteroatoms. The smallest absolute Gasteiger partial charge is 0.167 e. The molecular formula is C28H37IO9. The Bertz CT molecular complexity index is 1220. The zero-order valence-corrected chi connectivity index (χ0v) is 23.5. The van der Waals surface area contributed by atoms with Gasteiger partial charge in [0.05, 0.1) is 29.3 Å². The van der Waals surface area contributed by atoms with Gasteiger partial charge in [0, 0.05) is 32.9 Å². The Hall–Kier alpha value is -2.67. The summed E-state index contributed by atoms with van der Waals surface area (Å²) in [5, 5.41) is 30.4. The predicted octanol–water partition coefficient (Wildman–Crippen LogP) is 3.44. The van der Waals surface area contributed by atoms with Crippen molar-refractivity contribution in [2.24, 2.45) is 17.8 Å². The number of methoxy groups -OCH3 is 1. The van der Waals surface area contributed by atoms with Gasteiger partial charge in [0.1, 0.15) is 29.4 Å². The van der Waals surface area contributed by atoms with Crippen molar-refractivity contribution in [3.63, 3.8) is 0 Å². The fraction of sp³-hybridized carbons (Fsp3) is 0.429. The molecule has 3 rings (SSSR count). The van der Waals surface area contributed by atoms with Gasteiger partial charge in [-0.3, -0.25) is 19.2 Å². The molecule has 3 unspecified atom stereocenters. The summed E-state index contributed by atoms with van der Waals surface area (Å²) < 4.78 is 6.02. The quantitative estimate of drug-likeness (QED) is 0.179. The third-order valence-electron chi connectivity index (χ3n) is 6.99. The van der Waals surface area contributed by atoms with Crippen LogP contribution in [0.1, 0.15) is 61.7 Å². The van der Waals surface area contributed by atoms with Crippen LogP contribution in [-0.2, 0) is 16.0 Å².